The zero-order chi connectivity index (χ0) is 19.3. The van der Waals surface area contributed by atoms with Gasteiger partial charge in [0.25, 0.3) is 0 Å². The van der Waals surface area contributed by atoms with E-state index in [9.17, 15) is 14.7 Å². The third kappa shape index (κ3) is 4.99. The van der Waals surface area contributed by atoms with Gasteiger partial charge >= 0.3 is 12.1 Å². The number of carbonyl (C=O) groups is 2. The molecule has 0 fully saturated rings. The van der Waals surface area contributed by atoms with Gasteiger partial charge in [-0.3, -0.25) is 4.90 Å². The molecule has 0 aliphatic carbocycles. The maximum absolute atomic E-state index is 12.6. The van der Waals surface area contributed by atoms with Crippen molar-refractivity contribution in [1.82, 2.24) is 4.90 Å². The van der Waals surface area contributed by atoms with Gasteiger partial charge in [-0.2, -0.15) is 0 Å². The van der Waals surface area contributed by atoms with Crippen LogP contribution in [0.3, 0.4) is 0 Å². The molecule has 0 aliphatic rings. The van der Waals surface area contributed by atoms with Gasteiger partial charge in [-0.25, -0.2) is 9.59 Å². The van der Waals surface area contributed by atoms with Gasteiger partial charge in [-0.05, 0) is 31.5 Å². The van der Waals surface area contributed by atoms with E-state index in [2.05, 4.69) is 15.9 Å². The maximum atomic E-state index is 12.6. The predicted molar refractivity (Wildman–Crippen MR) is 103 cm³/mol. The van der Waals surface area contributed by atoms with Crippen LogP contribution < -0.4 is 0 Å². The average molecular weight is 441 g/mol. The Morgan fingerprint density at radius 2 is 1.85 bits per heavy atom. The molecule has 0 bridgehead atoms. The standard InChI is InChI=1S/C19H19BrClNO4/c1-12(2)22(19(25)26-11-13-6-4-3-5-7-13)17(18(23)24)15-9-8-14(20)10-16(15)21/h3-10,12,17H,11H2,1-2H3,(H,23,24). The minimum absolute atomic E-state index is 0.0588. The van der Waals surface area contributed by atoms with Crippen LogP contribution in [0.2, 0.25) is 5.02 Å². The number of aliphatic carboxylic acids is 1. The Hall–Kier alpha value is -2.05. The lowest BCUT2D eigenvalue weighted by atomic mass is 10.0. The third-order valence-corrected chi connectivity index (χ3v) is 4.56. The van der Waals surface area contributed by atoms with E-state index in [1.54, 1.807) is 32.0 Å². The van der Waals surface area contributed by atoms with E-state index >= 15 is 0 Å². The van der Waals surface area contributed by atoms with Crippen LogP contribution in [-0.2, 0) is 16.1 Å². The lowest BCUT2D eigenvalue weighted by Gasteiger charge is -2.32. The highest BCUT2D eigenvalue weighted by molar-refractivity contribution is 9.10. The molecule has 0 saturated carbocycles. The van der Waals surface area contributed by atoms with Crippen LogP contribution in [0, 0.1) is 0 Å². The molecule has 2 aromatic rings. The summed E-state index contributed by atoms with van der Waals surface area (Å²) in [5, 5.41) is 10.0. The Morgan fingerprint density at radius 3 is 2.38 bits per heavy atom. The molecule has 1 amide bonds. The third-order valence-electron chi connectivity index (χ3n) is 3.74. The van der Waals surface area contributed by atoms with E-state index in [0.717, 1.165) is 10.0 Å². The van der Waals surface area contributed by atoms with E-state index in [1.165, 1.54) is 4.90 Å². The summed E-state index contributed by atoms with van der Waals surface area (Å²) in [5.41, 5.74) is 1.14. The van der Waals surface area contributed by atoms with Gasteiger partial charge in [-0.1, -0.05) is 63.9 Å². The molecule has 26 heavy (non-hydrogen) atoms. The van der Waals surface area contributed by atoms with Crippen LogP contribution in [0.25, 0.3) is 0 Å². The van der Waals surface area contributed by atoms with Gasteiger partial charge in [0.2, 0.25) is 0 Å². The first-order valence-electron chi connectivity index (χ1n) is 7.98. The SMILES string of the molecule is CC(C)N(C(=O)OCc1ccccc1)C(C(=O)O)c1ccc(Br)cc1Cl. The molecule has 0 aromatic heterocycles. The van der Waals surface area contributed by atoms with E-state index in [0.29, 0.717) is 5.56 Å². The summed E-state index contributed by atoms with van der Waals surface area (Å²) in [7, 11) is 0. The van der Waals surface area contributed by atoms with Crippen LogP contribution >= 0.6 is 27.5 Å². The number of nitrogens with zero attached hydrogens (tertiary/aromatic N) is 1. The Kier molecular flexibility index (Phi) is 7.06. The molecule has 2 rings (SSSR count). The van der Waals surface area contributed by atoms with E-state index < -0.39 is 24.1 Å². The molecule has 1 unspecified atom stereocenters. The average Bonchev–Trinajstić information content (AvgIpc) is 2.58. The lowest BCUT2D eigenvalue weighted by molar-refractivity contribution is -0.143. The fraction of sp³-hybridized carbons (Fsp3) is 0.263. The molecule has 0 spiro atoms. The lowest BCUT2D eigenvalue weighted by Crippen LogP contribution is -2.43. The summed E-state index contributed by atoms with van der Waals surface area (Å²) in [6, 6.07) is 12.4. The monoisotopic (exact) mass is 439 g/mol. The number of halogens is 2. The molecule has 1 atom stereocenters. The Bertz CT molecular complexity index is 782. The molecular formula is C19H19BrClNO4. The predicted octanol–water partition coefficient (Wildman–Crippen LogP) is 5.28. The number of carboxylic acid groups (broad SMARTS) is 1. The normalized spacial score (nSPS) is 11.9. The van der Waals surface area contributed by atoms with E-state index in [4.69, 9.17) is 16.3 Å². The van der Waals surface area contributed by atoms with Gasteiger partial charge in [0.1, 0.15) is 6.61 Å². The Morgan fingerprint density at radius 1 is 1.19 bits per heavy atom. The quantitative estimate of drug-likeness (QED) is 0.664. The topological polar surface area (TPSA) is 66.8 Å². The first kappa shape index (κ1) is 20.3. The molecule has 138 valence electrons. The maximum Gasteiger partial charge on any atom is 0.411 e. The van der Waals surface area contributed by atoms with Gasteiger partial charge in [0.15, 0.2) is 6.04 Å². The first-order chi connectivity index (χ1) is 12.3. The van der Waals surface area contributed by atoms with Crippen molar-refractivity contribution in [3.05, 3.63) is 69.2 Å². The number of hydrogen-bond donors (Lipinski definition) is 1. The summed E-state index contributed by atoms with van der Waals surface area (Å²) in [6.45, 7) is 3.52. The molecule has 5 nitrogen and oxygen atoms in total. The summed E-state index contributed by atoms with van der Waals surface area (Å²) in [6.07, 6.45) is -0.713. The van der Waals surface area contributed by atoms with Crippen LogP contribution in [0.4, 0.5) is 4.79 Å². The summed E-state index contributed by atoms with van der Waals surface area (Å²) in [4.78, 5) is 25.8. The second-order valence-electron chi connectivity index (χ2n) is 5.95. The van der Waals surface area contributed by atoms with Crippen LogP contribution in [0.15, 0.2) is 53.0 Å². The molecule has 1 N–H and O–H groups in total. The number of hydrogen-bond acceptors (Lipinski definition) is 3. The fourth-order valence-corrected chi connectivity index (χ4v) is 3.31. The van der Waals surface area contributed by atoms with Crippen molar-refractivity contribution in [3.63, 3.8) is 0 Å². The summed E-state index contributed by atoms with van der Waals surface area (Å²) < 4.78 is 6.06. The van der Waals surface area contributed by atoms with Gasteiger partial charge in [-0.15, -0.1) is 0 Å². The molecule has 0 saturated heterocycles. The minimum Gasteiger partial charge on any atom is -0.479 e. The van der Waals surface area contributed by atoms with Crippen molar-refractivity contribution in [2.75, 3.05) is 0 Å². The number of carbonyl (C=O) groups excluding carboxylic acids is 1. The number of carboxylic acids is 1. The second-order valence-corrected chi connectivity index (χ2v) is 7.27. The largest absolute Gasteiger partial charge is 0.479 e. The number of benzene rings is 2. The van der Waals surface area contributed by atoms with Crippen molar-refractivity contribution in [2.24, 2.45) is 0 Å². The number of amides is 1. The highest BCUT2D eigenvalue weighted by Crippen LogP contribution is 2.32. The summed E-state index contributed by atoms with van der Waals surface area (Å²) in [5.74, 6) is -1.18. The number of rotatable bonds is 6. The van der Waals surface area contributed by atoms with Crippen LogP contribution in [0.5, 0.6) is 0 Å². The fourth-order valence-electron chi connectivity index (χ4n) is 2.53. The minimum atomic E-state index is -1.25. The van der Waals surface area contributed by atoms with Crippen LogP contribution in [0.1, 0.15) is 31.0 Å². The van der Waals surface area contributed by atoms with E-state index in [-0.39, 0.29) is 11.6 Å². The van der Waals surface area contributed by atoms with E-state index in [1.807, 2.05) is 30.3 Å². The van der Waals surface area contributed by atoms with Crippen molar-refractivity contribution in [1.29, 1.82) is 0 Å². The molecule has 0 aliphatic heterocycles. The zero-order valence-corrected chi connectivity index (χ0v) is 16.7. The van der Waals surface area contributed by atoms with Crippen molar-refractivity contribution in [2.45, 2.75) is 32.5 Å². The van der Waals surface area contributed by atoms with Gasteiger partial charge < -0.3 is 9.84 Å². The first-order valence-corrected chi connectivity index (χ1v) is 9.15. The van der Waals surface area contributed by atoms with Crippen molar-refractivity contribution >= 4 is 39.6 Å². The Balaban J connectivity index is 2.29. The highest BCUT2D eigenvalue weighted by Gasteiger charge is 2.35. The van der Waals surface area contributed by atoms with Gasteiger partial charge in [0.05, 0.1) is 0 Å². The summed E-state index contributed by atoms with van der Waals surface area (Å²) >= 11 is 9.51. The molecule has 0 heterocycles. The smallest absolute Gasteiger partial charge is 0.411 e. The van der Waals surface area contributed by atoms with Crippen LogP contribution in [-0.4, -0.2) is 28.1 Å². The molecule has 7 heteroatoms. The van der Waals surface area contributed by atoms with Gasteiger partial charge in [0, 0.05) is 21.1 Å². The molecule has 0 radical (unpaired) electrons. The second kappa shape index (κ2) is 9.05. The highest BCUT2D eigenvalue weighted by atomic mass is 79.9. The van der Waals surface area contributed by atoms with Crippen molar-refractivity contribution < 1.29 is 19.4 Å². The number of ether oxygens (including phenoxy) is 1. The zero-order valence-electron chi connectivity index (χ0n) is 14.4. The molecular weight excluding hydrogens is 422 g/mol. The Labute approximate surface area is 165 Å². The molecule has 2 aromatic carbocycles. The van der Waals surface area contributed by atoms with Crippen molar-refractivity contribution in [3.8, 4) is 0 Å².